The van der Waals surface area contributed by atoms with Crippen molar-refractivity contribution in [1.29, 1.82) is 0 Å². The Bertz CT molecular complexity index is 2530. The van der Waals surface area contributed by atoms with Crippen molar-refractivity contribution < 1.29 is 0 Å². The molecule has 0 aliphatic carbocycles. The molecule has 0 atom stereocenters. The lowest BCUT2D eigenvalue weighted by Gasteiger charge is -2.27. The first kappa shape index (κ1) is 26.3. The Balaban J connectivity index is 1.26. The monoisotopic (exact) mass is 586 g/mol. The first-order chi connectivity index (χ1) is 22.8. The van der Waals surface area contributed by atoms with Gasteiger partial charge < -0.3 is 9.47 Å². The molecule has 0 radical (unpaired) electrons. The SMILES string of the molecule is c1ccc(N(c2ccc3c(c2)c2ccccc2n3-c2ccccc2)c2cccc3ccc(-c4ccc5ccccc5c4)cc23)cc1. The van der Waals surface area contributed by atoms with E-state index in [9.17, 15) is 0 Å². The molecule has 216 valence electrons. The first-order valence-electron chi connectivity index (χ1n) is 15.8. The second-order valence-corrected chi connectivity index (χ2v) is 11.8. The zero-order valence-electron chi connectivity index (χ0n) is 25.2. The van der Waals surface area contributed by atoms with Crippen molar-refractivity contribution in [2.24, 2.45) is 0 Å². The van der Waals surface area contributed by atoms with E-state index in [-0.39, 0.29) is 0 Å². The fourth-order valence-electron chi connectivity index (χ4n) is 6.96. The lowest BCUT2D eigenvalue weighted by Crippen LogP contribution is -2.10. The molecule has 0 amide bonds. The molecule has 8 aromatic carbocycles. The highest BCUT2D eigenvalue weighted by molar-refractivity contribution is 6.11. The van der Waals surface area contributed by atoms with Crippen molar-refractivity contribution in [2.75, 3.05) is 4.90 Å². The van der Waals surface area contributed by atoms with Crippen LogP contribution in [0.3, 0.4) is 0 Å². The fourth-order valence-corrected chi connectivity index (χ4v) is 6.96. The summed E-state index contributed by atoms with van der Waals surface area (Å²) in [7, 11) is 0. The van der Waals surface area contributed by atoms with Crippen LogP contribution in [0.5, 0.6) is 0 Å². The first-order valence-corrected chi connectivity index (χ1v) is 15.8. The highest BCUT2D eigenvalue weighted by Gasteiger charge is 2.19. The van der Waals surface area contributed by atoms with Gasteiger partial charge in [0.05, 0.1) is 16.7 Å². The van der Waals surface area contributed by atoms with Crippen LogP contribution in [0, 0.1) is 0 Å². The van der Waals surface area contributed by atoms with Gasteiger partial charge in [-0.1, -0.05) is 115 Å². The molecule has 0 unspecified atom stereocenters. The van der Waals surface area contributed by atoms with Crippen LogP contribution in [0.4, 0.5) is 17.1 Å². The van der Waals surface area contributed by atoms with Crippen LogP contribution in [-0.4, -0.2) is 4.57 Å². The van der Waals surface area contributed by atoms with E-state index in [0.29, 0.717) is 0 Å². The predicted molar refractivity (Wildman–Crippen MR) is 196 cm³/mol. The van der Waals surface area contributed by atoms with Gasteiger partial charge in [0.2, 0.25) is 0 Å². The topological polar surface area (TPSA) is 8.17 Å². The van der Waals surface area contributed by atoms with E-state index in [2.05, 4.69) is 191 Å². The summed E-state index contributed by atoms with van der Waals surface area (Å²) in [5, 5.41) is 7.41. The van der Waals surface area contributed by atoms with Gasteiger partial charge in [0, 0.05) is 33.2 Å². The van der Waals surface area contributed by atoms with Crippen molar-refractivity contribution in [3.8, 4) is 16.8 Å². The summed E-state index contributed by atoms with van der Waals surface area (Å²) in [6.07, 6.45) is 0. The van der Waals surface area contributed by atoms with Crippen LogP contribution in [0.15, 0.2) is 182 Å². The van der Waals surface area contributed by atoms with Gasteiger partial charge in [-0.15, -0.1) is 0 Å². The summed E-state index contributed by atoms with van der Waals surface area (Å²) in [6.45, 7) is 0. The number of fused-ring (bicyclic) bond motifs is 5. The van der Waals surface area contributed by atoms with Gasteiger partial charge >= 0.3 is 0 Å². The Labute approximate surface area is 268 Å². The lowest BCUT2D eigenvalue weighted by molar-refractivity contribution is 1.18. The molecule has 0 fully saturated rings. The minimum Gasteiger partial charge on any atom is -0.310 e. The molecule has 1 aromatic heterocycles. The van der Waals surface area contributed by atoms with Crippen LogP contribution in [0.25, 0.3) is 60.2 Å². The largest absolute Gasteiger partial charge is 0.310 e. The van der Waals surface area contributed by atoms with Gasteiger partial charge in [-0.25, -0.2) is 0 Å². The molecule has 0 saturated carbocycles. The van der Waals surface area contributed by atoms with E-state index in [1.807, 2.05) is 0 Å². The van der Waals surface area contributed by atoms with Crippen LogP contribution in [0.1, 0.15) is 0 Å². The molecule has 0 bridgehead atoms. The van der Waals surface area contributed by atoms with Crippen LogP contribution in [-0.2, 0) is 0 Å². The molecule has 1 heterocycles. The maximum absolute atomic E-state index is 2.40. The summed E-state index contributed by atoms with van der Waals surface area (Å²) in [6, 6.07) is 65.8. The zero-order valence-corrected chi connectivity index (χ0v) is 25.2. The fraction of sp³-hybridized carbons (Fsp3) is 0. The quantitative estimate of drug-likeness (QED) is 0.195. The number of rotatable bonds is 5. The molecule has 0 saturated heterocycles. The average molecular weight is 587 g/mol. The molecule has 2 nitrogen and oxygen atoms in total. The summed E-state index contributed by atoms with van der Waals surface area (Å²) >= 11 is 0. The van der Waals surface area contributed by atoms with E-state index < -0.39 is 0 Å². The molecular formula is C44H30N2. The van der Waals surface area contributed by atoms with Gasteiger partial charge in [0.1, 0.15) is 0 Å². The van der Waals surface area contributed by atoms with Gasteiger partial charge in [0.25, 0.3) is 0 Å². The smallest absolute Gasteiger partial charge is 0.0542 e. The number of nitrogens with zero attached hydrogens (tertiary/aromatic N) is 2. The highest BCUT2D eigenvalue weighted by atomic mass is 15.1. The van der Waals surface area contributed by atoms with Crippen molar-refractivity contribution in [3.05, 3.63) is 182 Å². The maximum Gasteiger partial charge on any atom is 0.0542 e. The Morgan fingerprint density at radius 1 is 0.348 bits per heavy atom. The lowest BCUT2D eigenvalue weighted by atomic mass is 9.97. The summed E-state index contributed by atoms with van der Waals surface area (Å²) in [5.74, 6) is 0. The standard InChI is InChI=1S/C44H30N2/c1-3-15-36(16-4-1)45(38-26-27-44-41(30-38)39-19-9-10-20-42(39)46(44)37-17-5-2-6-18-37)43-21-11-14-32-23-25-35(29-40(32)43)34-24-22-31-12-7-8-13-33(31)28-34/h1-30H. The van der Waals surface area contributed by atoms with Gasteiger partial charge in [-0.05, 0) is 94.0 Å². The number of hydrogen-bond acceptors (Lipinski definition) is 1. The molecule has 46 heavy (non-hydrogen) atoms. The maximum atomic E-state index is 2.40. The minimum absolute atomic E-state index is 1.12. The van der Waals surface area contributed by atoms with Gasteiger partial charge in [-0.3, -0.25) is 0 Å². The third-order valence-electron chi connectivity index (χ3n) is 9.13. The normalized spacial score (nSPS) is 11.5. The van der Waals surface area contributed by atoms with Crippen molar-refractivity contribution in [3.63, 3.8) is 0 Å². The van der Waals surface area contributed by atoms with Crippen LogP contribution < -0.4 is 4.90 Å². The number of hydrogen-bond donors (Lipinski definition) is 0. The molecule has 9 rings (SSSR count). The van der Waals surface area contributed by atoms with Crippen LogP contribution >= 0.6 is 0 Å². The van der Waals surface area contributed by atoms with Crippen molar-refractivity contribution in [2.45, 2.75) is 0 Å². The Morgan fingerprint density at radius 3 is 1.85 bits per heavy atom. The summed E-state index contributed by atoms with van der Waals surface area (Å²) in [5.41, 5.74) is 9.39. The van der Waals surface area contributed by atoms with Gasteiger partial charge in [-0.2, -0.15) is 0 Å². The van der Waals surface area contributed by atoms with Crippen molar-refractivity contribution >= 4 is 60.4 Å². The van der Waals surface area contributed by atoms with Crippen molar-refractivity contribution in [1.82, 2.24) is 4.57 Å². The Morgan fingerprint density at radius 2 is 1.00 bits per heavy atom. The molecule has 0 spiro atoms. The summed E-state index contributed by atoms with van der Waals surface area (Å²) in [4.78, 5) is 2.40. The summed E-state index contributed by atoms with van der Waals surface area (Å²) < 4.78 is 2.37. The molecular weight excluding hydrogens is 556 g/mol. The number of anilines is 3. The number of benzene rings is 8. The number of para-hydroxylation sites is 3. The Hall–Kier alpha value is -6.12. The molecule has 2 heteroatoms. The highest BCUT2D eigenvalue weighted by Crippen LogP contribution is 2.42. The zero-order chi connectivity index (χ0) is 30.5. The third-order valence-corrected chi connectivity index (χ3v) is 9.13. The van der Waals surface area contributed by atoms with E-state index in [1.54, 1.807) is 0 Å². The molecule has 0 aliphatic rings. The second-order valence-electron chi connectivity index (χ2n) is 11.8. The van der Waals surface area contributed by atoms with E-state index in [1.165, 1.54) is 54.5 Å². The van der Waals surface area contributed by atoms with E-state index in [0.717, 1.165) is 22.7 Å². The molecule has 0 N–H and O–H groups in total. The molecule has 9 aromatic rings. The van der Waals surface area contributed by atoms with E-state index >= 15 is 0 Å². The minimum atomic E-state index is 1.12. The Kier molecular flexibility index (Phi) is 6.17. The third kappa shape index (κ3) is 4.35. The van der Waals surface area contributed by atoms with Gasteiger partial charge in [0.15, 0.2) is 0 Å². The second kappa shape index (κ2) is 10.8. The van der Waals surface area contributed by atoms with Crippen LogP contribution in [0.2, 0.25) is 0 Å². The van der Waals surface area contributed by atoms with E-state index in [4.69, 9.17) is 0 Å². The average Bonchev–Trinajstić information content (AvgIpc) is 3.46. The molecule has 0 aliphatic heterocycles. The number of aromatic nitrogens is 1. The predicted octanol–water partition coefficient (Wildman–Crippen LogP) is 12.2.